The topological polar surface area (TPSA) is 92.3 Å². The molecule has 0 bridgehead atoms. The molecule has 4 rings (SSSR count). The minimum absolute atomic E-state index is 0.111. The molecule has 9 heteroatoms. The molecule has 0 aliphatic rings. The number of thiazole rings is 1. The third-order valence-corrected chi connectivity index (χ3v) is 6.97. The Morgan fingerprint density at radius 2 is 1.56 bits per heavy atom. The molecular formula is C25H24N4O3S2. The number of hydrogen-bond acceptors (Lipinski definition) is 6. The zero-order chi connectivity index (χ0) is 24.1. The highest BCUT2D eigenvalue weighted by Crippen LogP contribution is 2.31. The molecule has 3 N–H and O–H groups in total. The number of aromatic nitrogens is 1. The van der Waals surface area contributed by atoms with Crippen molar-refractivity contribution in [2.45, 2.75) is 18.2 Å². The number of methoxy groups -OCH3 is 1. The summed E-state index contributed by atoms with van der Waals surface area (Å²) < 4.78 is 6.84. The molecule has 0 aliphatic heterocycles. The zero-order valence-electron chi connectivity index (χ0n) is 19.0. The quantitative estimate of drug-likeness (QED) is 0.263. The van der Waals surface area contributed by atoms with Crippen LogP contribution in [0, 0.1) is 13.8 Å². The van der Waals surface area contributed by atoms with Crippen molar-refractivity contribution in [3.63, 3.8) is 0 Å². The molecule has 0 saturated heterocycles. The average molecular weight is 493 g/mol. The molecule has 3 aromatic carbocycles. The number of ether oxygens (including phenoxy) is 1. The lowest BCUT2D eigenvalue weighted by Crippen LogP contribution is -2.19. The summed E-state index contributed by atoms with van der Waals surface area (Å²) in [5.41, 5.74) is 5.13. The van der Waals surface area contributed by atoms with E-state index in [0.29, 0.717) is 11.4 Å². The maximum Gasteiger partial charge on any atom is 0.323 e. The SMILES string of the molecule is COc1ccc(NC(=O)CSc2nc3ccc(NC(=O)Nc4cc(C)cc(C)c4)cc3s2)cc1. The number of aryl methyl sites for hydroxylation is 2. The normalized spacial score (nSPS) is 10.7. The first-order valence-corrected chi connectivity index (χ1v) is 12.3. The first-order chi connectivity index (χ1) is 16.4. The van der Waals surface area contributed by atoms with Crippen molar-refractivity contribution >= 4 is 62.3 Å². The Hall–Kier alpha value is -3.56. The number of amides is 3. The highest BCUT2D eigenvalue weighted by Gasteiger charge is 2.10. The van der Waals surface area contributed by atoms with Crippen LogP contribution in [0.4, 0.5) is 21.9 Å². The van der Waals surface area contributed by atoms with Gasteiger partial charge in [-0.25, -0.2) is 9.78 Å². The number of thioether (sulfide) groups is 1. The van der Waals surface area contributed by atoms with E-state index in [-0.39, 0.29) is 17.7 Å². The van der Waals surface area contributed by atoms with Gasteiger partial charge in [0.15, 0.2) is 4.34 Å². The van der Waals surface area contributed by atoms with E-state index in [9.17, 15) is 9.59 Å². The van der Waals surface area contributed by atoms with Crippen LogP contribution in [0.2, 0.25) is 0 Å². The first kappa shape index (κ1) is 23.6. The molecule has 1 heterocycles. The Balaban J connectivity index is 1.34. The molecule has 0 saturated carbocycles. The van der Waals surface area contributed by atoms with Gasteiger partial charge in [0.25, 0.3) is 0 Å². The predicted molar refractivity (Wildman–Crippen MR) is 141 cm³/mol. The van der Waals surface area contributed by atoms with Crippen molar-refractivity contribution in [2.24, 2.45) is 0 Å². The van der Waals surface area contributed by atoms with Crippen molar-refractivity contribution in [2.75, 3.05) is 28.8 Å². The number of hydrogen-bond donors (Lipinski definition) is 3. The Morgan fingerprint density at radius 1 is 0.882 bits per heavy atom. The van der Waals surface area contributed by atoms with Gasteiger partial charge in [0, 0.05) is 17.1 Å². The lowest BCUT2D eigenvalue weighted by molar-refractivity contribution is -0.113. The largest absolute Gasteiger partial charge is 0.497 e. The number of urea groups is 1. The fourth-order valence-electron chi connectivity index (χ4n) is 3.38. The minimum atomic E-state index is -0.307. The van der Waals surface area contributed by atoms with E-state index in [0.717, 1.165) is 37.1 Å². The average Bonchev–Trinajstić information content (AvgIpc) is 3.19. The van der Waals surface area contributed by atoms with Crippen LogP contribution in [0.1, 0.15) is 11.1 Å². The summed E-state index contributed by atoms with van der Waals surface area (Å²) in [5.74, 6) is 0.869. The Morgan fingerprint density at radius 3 is 2.26 bits per heavy atom. The van der Waals surface area contributed by atoms with Gasteiger partial charge in [-0.1, -0.05) is 17.8 Å². The Bertz CT molecular complexity index is 1320. The van der Waals surface area contributed by atoms with Gasteiger partial charge in [0.1, 0.15) is 5.75 Å². The molecular weight excluding hydrogens is 468 g/mol. The van der Waals surface area contributed by atoms with Gasteiger partial charge >= 0.3 is 6.03 Å². The van der Waals surface area contributed by atoms with Crippen molar-refractivity contribution in [3.8, 4) is 5.75 Å². The van der Waals surface area contributed by atoms with Crippen LogP contribution >= 0.6 is 23.1 Å². The molecule has 0 atom stereocenters. The van der Waals surface area contributed by atoms with E-state index >= 15 is 0 Å². The number of rotatable bonds is 7. The number of nitrogens with zero attached hydrogens (tertiary/aromatic N) is 1. The molecule has 0 aliphatic carbocycles. The number of anilines is 3. The highest BCUT2D eigenvalue weighted by atomic mass is 32.2. The van der Waals surface area contributed by atoms with Gasteiger partial charge in [-0.2, -0.15) is 0 Å². The second-order valence-corrected chi connectivity index (χ2v) is 9.94. The molecule has 0 fully saturated rings. The van der Waals surface area contributed by atoms with Crippen LogP contribution in [0.3, 0.4) is 0 Å². The Labute approximate surface area is 205 Å². The van der Waals surface area contributed by atoms with Crippen molar-refractivity contribution < 1.29 is 14.3 Å². The molecule has 0 spiro atoms. The molecule has 3 amide bonds. The minimum Gasteiger partial charge on any atom is -0.497 e. The zero-order valence-corrected chi connectivity index (χ0v) is 20.6. The second-order valence-electron chi connectivity index (χ2n) is 7.68. The third kappa shape index (κ3) is 6.27. The van der Waals surface area contributed by atoms with Crippen molar-refractivity contribution in [1.29, 1.82) is 0 Å². The predicted octanol–water partition coefficient (Wildman–Crippen LogP) is 6.30. The number of carbonyl (C=O) groups is 2. The molecule has 4 aromatic rings. The summed E-state index contributed by atoms with van der Waals surface area (Å²) in [7, 11) is 1.60. The van der Waals surface area contributed by atoms with Gasteiger partial charge in [0.05, 0.1) is 23.1 Å². The molecule has 7 nitrogen and oxygen atoms in total. The summed E-state index contributed by atoms with van der Waals surface area (Å²) in [6, 6.07) is 18.3. The summed E-state index contributed by atoms with van der Waals surface area (Å²) in [6.07, 6.45) is 0. The lowest BCUT2D eigenvalue weighted by atomic mass is 10.1. The number of benzene rings is 3. The van der Waals surface area contributed by atoms with Crippen LogP contribution in [0.25, 0.3) is 10.2 Å². The molecule has 1 aromatic heterocycles. The summed E-state index contributed by atoms with van der Waals surface area (Å²) >= 11 is 2.86. The van der Waals surface area contributed by atoms with E-state index in [4.69, 9.17) is 4.74 Å². The smallest absolute Gasteiger partial charge is 0.323 e. The number of fused-ring (bicyclic) bond motifs is 1. The van der Waals surface area contributed by atoms with E-state index in [1.165, 1.54) is 23.1 Å². The fraction of sp³-hybridized carbons (Fsp3) is 0.160. The Kier molecular flexibility index (Phi) is 7.34. The molecule has 174 valence electrons. The molecule has 34 heavy (non-hydrogen) atoms. The maximum absolute atomic E-state index is 12.4. The van der Waals surface area contributed by atoms with Gasteiger partial charge in [-0.3, -0.25) is 4.79 Å². The first-order valence-electron chi connectivity index (χ1n) is 10.5. The highest BCUT2D eigenvalue weighted by molar-refractivity contribution is 8.01. The van der Waals surface area contributed by atoms with E-state index < -0.39 is 0 Å². The number of carbonyl (C=O) groups excluding carboxylic acids is 2. The van der Waals surface area contributed by atoms with Gasteiger partial charge < -0.3 is 20.7 Å². The van der Waals surface area contributed by atoms with Crippen molar-refractivity contribution in [3.05, 3.63) is 71.8 Å². The van der Waals surface area contributed by atoms with Crippen LogP contribution in [0.5, 0.6) is 5.75 Å². The van der Waals surface area contributed by atoms with Crippen LogP contribution in [-0.2, 0) is 4.79 Å². The standard InChI is InChI=1S/C25H24N4O3S2/c1-15-10-16(2)12-19(11-15)28-24(31)27-18-6-9-21-22(13-18)34-25(29-21)33-14-23(30)26-17-4-7-20(32-3)8-5-17/h4-13H,14H2,1-3H3,(H,26,30)(H2,27,28,31). The van der Waals surface area contributed by atoms with Crippen LogP contribution in [-0.4, -0.2) is 29.8 Å². The van der Waals surface area contributed by atoms with Gasteiger partial charge in [0.2, 0.25) is 5.91 Å². The summed E-state index contributed by atoms with van der Waals surface area (Å²) in [4.78, 5) is 29.3. The molecule has 0 radical (unpaired) electrons. The van der Waals surface area contributed by atoms with Crippen molar-refractivity contribution in [1.82, 2.24) is 4.98 Å². The summed E-state index contributed by atoms with van der Waals surface area (Å²) in [5, 5.41) is 8.59. The second kappa shape index (κ2) is 10.6. The third-order valence-electron chi connectivity index (χ3n) is 4.81. The van der Waals surface area contributed by atoms with Crippen LogP contribution in [0.15, 0.2) is 65.0 Å². The summed E-state index contributed by atoms with van der Waals surface area (Å²) in [6.45, 7) is 3.98. The van der Waals surface area contributed by atoms with Crippen LogP contribution < -0.4 is 20.7 Å². The monoisotopic (exact) mass is 492 g/mol. The van der Waals surface area contributed by atoms with Gasteiger partial charge in [-0.15, -0.1) is 11.3 Å². The van der Waals surface area contributed by atoms with E-state index in [2.05, 4.69) is 27.0 Å². The van der Waals surface area contributed by atoms with E-state index in [1.54, 1.807) is 31.4 Å². The number of nitrogens with one attached hydrogen (secondary N) is 3. The van der Waals surface area contributed by atoms with E-state index in [1.807, 2.05) is 44.2 Å². The fourth-order valence-corrected chi connectivity index (χ4v) is 5.29. The maximum atomic E-state index is 12.4. The molecule has 0 unspecified atom stereocenters. The van der Waals surface area contributed by atoms with Gasteiger partial charge in [-0.05, 0) is 79.6 Å². The lowest BCUT2D eigenvalue weighted by Gasteiger charge is -2.09.